The maximum Gasteiger partial charge on any atom is 0.137 e. The van der Waals surface area contributed by atoms with E-state index in [1.165, 1.54) is 11.1 Å². The molecule has 2 aromatic heterocycles. The van der Waals surface area contributed by atoms with Crippen molar-refractivity contribution in [3.8, 4) is 0 Å². The first-order valence-electron chi connectivity index (χ1n) is 9.80. The number of hydrogen-bond acceptors (Lipinski definition) is 5. The maximum absolute atomic E-state index is 5.68. The number of aromatic amines is 1. The summed E-state index contributed by atoms with van der Waals surface area (Å²) in [5, 5.41) is 4.52. The summed E-state index contributed by atoms with van der Waals surface area (Å²) in [5.74, 6) is 2.69. The van der Waals surface area contributed by atoms with Gasteiger partial charge in [-0.2, -0.15) is 0 Å². The van der Waals surface area contributed by atoms with E-state index in [0.717, 1.165) is 58.8 Å². The van der Waals surface area contributed by atoms with Gasteiger partial charge in [0.25, 0.3) is 0 Å². The van der Waals surface area contributed by atoms with Gasteiger partial charge < -0.3 is 16.0 Å². The third-order valence-electron chi connectivity index (χ3n) is 5.13. The van der Waals surface area contributed by atoms with Gasteiger partial charge in [0.15, 0.2) is 0 Å². The molecule has 0 aliphatic carbocycles. The zero-order valence-electron chi connectivity index (χ0n) is 17.2. The highest BCUT2D eigenvalue weighted by Gasteiger charge is 2.09. The molecular weight excluding hydrogens is 419 g/mol. The topological polar surface area (TPSA) is 92.5 Å². The summed E-state index contributed by atoms with van der Waals surface area (Å²) in [5.41, 5.74) is 11.3. The van der Waals surface area contributed by atoms with E-state index >= 15 is 0 Å². The molecule has 4 N–H and O–H groups in total. The molecule has 6 nitrogen and oxygen atoms in total. The van der Waals surface area contributed by atoms with Crippen molar-refractivity contribution in [3.63, 3.8) is 0 Å². The first-order valence-corrected chi connectivity index (χ1v) is 9.80. The molecule has 0 atom stereocenters. The Morgan fingerprint density at radius 1 is 0.967 bits per heavy atom. The molecule has 0 saturated carbocycles. The largest absolute Gasteiger partial charge is 0.369 e. The number of fused-ring (bicyclic) bond motifs is 2. The van der Waals surface area contributed by atoms with Crippen LogP contribution in [0.5, 0.6) is 0 Å². The molecule has 0 fully saturated rings. The van der Waals surface area contributed by atoms with Crippen LogP contribution < -0.4 is 11.1 Å². The van der Waals surface area contributed by atoms with Gasteiger partial charge in [-0.05, 0) is 56.1 Å². The van der Waals surface area contributed by atoms with Gasteiger partial charge in [0.2, 0.25) is 0 Å². The molecule has 8 heteroatoms. The molecular formula is C22H28Cl2N6. The van der Waals surface area contributed by atoms with Crippen molar-refractivity contribution in [2.45, 2.75) is 33.1 Å². The van der Waals surface area contributed by atoms with Crippen molar-refractivity contribution in [2.24, 2.45) is 5.73 Å². The van der Waals surface area contributed by atoms with Crippen LogP contribution >= 0.6 is 24.8 Å². The molecule has 30 heavy (non-hydrogen) atoms. The molecule has 0 aliphatic heterocycles. The second kappa shape index (κ2) is 10.6. The molecule has 2 heterocycles. The molecule has 2 aromatic carbocycles. The van der Waals surface area contributed by atoms with E-state index in [0.29, 0.717) is 13.0 Å². The maximum atomic E-state index is 5.68. The summed E-state index contributed by atoms with van der Waals surface area (Å²) in [6, 6.07) is 12.3. The minimum Gasteiger partial charge on any atom is -0.369 e. The van der Waals surface area contributed by atoms with E-state index in [-0.39, 0.29) is 24.8 Å². The second-order valence-corrected chi connectivity index (χ2v) is 7.16. The number of para-hydroxylation sites is 1. The van der Waals surface area contributed by atoms with Crippen LogP contribution in [0.2, 0.25) is 0 Å². The van der Waals surface area contributed by atoms with Gasteiger partial charge >= 0.3 is 0 Å². The monoisotopic (exact) mass is 446 g/mol. The van der Waals surface area contributed by atoms with Crippen molar-refractivity contribution in [1.29, 1.82) is 0 Å². The lowest BCUT2D eigenvalue weighted by molar-refractivity contribution is 0.813. The lowest BCUT2D eigenvalue weighted by atomic mass is 10.1. The number of rotatable bonds is 7. The number of nitrogens with zero attached hydrogens (tertiary/aromatic N) is 3. The molecule has 0 spiro atoms. The molecule has 0 bridgehead atoms. The highest BCUT2D eigenvalue weighted by Crippen LogP contribution is 2.21. The summed E-state index contributed by atoms with van der Waals surface area (Å²) in [6.45, 7) is 5.61. The van der Waals surface area contributed by atoms with Gasteiger partial charge in [0.05, 0.1) is 16.6 Å². The fourth-order valence-corrected chi connectivity index (χ4v) is 3.45. The predicted molar refractivity (Wildman–Crippen MR) is 129 cm³/mol. The van der Waals surface area contributed by atoms with E-state index < -0.39 is 0 Å². The van der Waals surface area contributed by atoms with Gasteiger partial charge in [-0.3, -0.25) is 0 Å². The Morgan fingerprint density at radius 2 is 1.77 bits per heavy atom. The third kappa shape index (κ3) is 5.01. The van der Waals surface area contributed by atoms with Crippen LogP contribution in [0, 0.1) is 13.8 Å². The number of nitrogens with two attached hydrogens (primary N) is 1. The van der Waals surface area contributed by atoms with E-state index in [1.54, 1.807) is 0 Å². The van der Waals surface area contributed by atoms with Crippen molar-refractivity contribution >= 4 is 52.6 Å². The highest BCUT2D eigenvalue weighted by molar-refractivity contribution is 5.89. The molecule has 0 unspecified atom stereocenters. The van der Waals surface area contributed by atoms with Crippen LogP contribution in [0.15, 0.2) is 36.4 Å². The van der Waals surface area contributed by atoms with E-state index in [4.69, 9.17) is 10.7 Å². The number of hydrogen-bond donors (Lipinski definition) is 3. The Bertz CT molecular complexity index is 1130. The van der Waals surface area contributed by atoms with Crippen molar-refractivity contribution in [3.05, 3.63) is 59.2 Å². The van der Waals surface area contributed by atoms with Crippen molar-refractivity contribution in [1.82, 2.24) is 19.9 Å². The summed E-state index contributed by atoms with van der Waals surface area (Å²) >= 11 is 0. The zero-order valence-corrected chi connectivity index (χ0v) is 18.9. The number of anilines is 1. The van der Waals surface area contributed by atoms with Gasteiger partial charge in [-0.15, -0.1) is 24.8 Å². The molecule has 0 radical (unpaired) electrons. The quantitative estimate of drug-likeness (QED) is 0.363. The zero-order chi connectivity index (χ0) is 19.5. The van der Waals surface area contributed by atoms with Gasteiger partial charge in [-0.1, -0.05) is 18.2 Å². The number of aromatic nitrogens is 4. The standard InChI is InChI=1S/C22H26N6.2ClH/c1-14-9-10-18-21(15(14)2)27-19(26-18)8-5-13-24-22-16-6-3-4-7-17(16)25-20(28-22)11-12-23;;/h3-4,6-7,9-10H,5,8,11-13,23H2,1-2H3,(H,26,27)(H,24,25,28);2*1H. The normalized spacial score (nSPS) is 10.6. The molecule has 0 aliphatic rings. The highest BCUT2D eigenvalue weighted by atomic mass is 35.5. The van der Waals surface area contributed by atoms with Gasteiger partial charge in [0.1, 0.15) is 17.5 Å². The Kier molecular flexibility index (Phi) is 8.41. The molecule has 4 rings (SSSR count). The smallest absolute Gasteiger partial charge is 0.137 e. The summed E-state index contributed by atoms with van der Waals surface area (Å²) in [7, 11) is 0. The van der Waals surface area contributed by atoms with E-state index in [9.17, 15) is 0 Å². The lowest BCUT2D eigenvalue weighted by Crippen LogP contribution is -2.11. The third-order valence-corrected chi connectivity index (χ3v) is 5.13. The van der Waals surface area contributed by atoms with Crippen molar-refractivity contribution < 1.29 is 0 Å². The SMILES string of the molecule is Cc1ccc2[nH]c(CCCNc3nc(CCN)nc4ccccc34)nc2c1C.Cl.Cl. The Hall–Kier alpha value is -2.41. The molecule has 160 valence electrons. The Morgan fingerprint density at radius 3 is 2.57 bits per heavy atom. The fourth-order valence-electron chi connectivity index (χ4n) is 3.45. The van der Waals surface area contributed by atoms with E-state index in [2.05, 4.69) is 46.2 Å². The number of imidazole rings is 1. The van der Waals surface area contributed by atoms with Crippen molar-refractivity contribution in [2.75, 3.05) is 18.4 Å². The number of nitrogens with one attached hydrogen (secondary N) is 2. The summed E-state index contributed by atoms with van der Waals surface area (Å²) in [4.78, 5) is 17.5. The molecule has 4 aromatic rings. The average molecular weight is 447 g/mol. The minimum absolute atomic E-state index is 0. The number of aryl methyl sites for hydroxylation is 3. The first kappa shape index (κ1) is 23.9. The van der Waals surface area contributed by atoms with Gasteiger partial charge in [0, 0.05) is 24.8 Å². The molecule has 0 amide bonds. The second-order valence-electron chi connectivity index (χ2n) is 7.16. The van der Waals surface area contributed by atoms with Gasteiger partial charge in [-0.25, -0.2) is 15.0 Å². The number of benzene rings is 2. The lowest BCUT2D eigenvalue weighted by Gasteiger charge is -2.10. The van der Waals surface area contributed by atoms with Crippen LogP contribution in [0.4, 0.5) is 5.82 Å². The van der Waals surface area contributed by atoms with Crippen LogP contribution in [0.1, 0.15) is 29.2 Å². The summed E-state index contributed by atoms with van der Waals surface area (Å²) < 4.78 is 0. The first-order chi connectivity index (χ1) is 13.7. The number of H-pyrrole nitrogens is 1. The van der Waals surface area contributed by atoms with E-state index in [1.807, 2.05) is 24.3 Å². The molecule has 0 saturated heterocycles. The Labute approximate surface area is 188 Å². The number of halogens is 2. The van der Waals surface area contributed by atoms with Crippen LogP contribution in [0.25, 0.3) is 21.9 Å². The minimum atomic E-state index is 0. The summed E-state index contributed by atoms with van der Waals surface area (Å²) in [6.07, 6.45) is 2.53. The van der Waals surface area contributed by atoms with Crippen LogP contribution in [0.3, 0.4) is 0 Å². The average Bonchev–Trinajstić information content (AvgIpc) is 3.12. The fraction of sp³-hybridized carbons (Fsp3) is 0.318. The Balaban J connectivity index is 0.00000160. The van der Waals surface area contributed by atoms with Crippen LogP contribution in [-0.4, -0.2) is 33.0 Å². The predicted octanol–water partition coefficient (Wildman–Crippen LogP) is 4.51. The van der Waals surface area contributed by atoms with Crippen LogP contribution in [-0.2, 0) is 12.8 Å².